The normalized spacial score (nSPS) is 17.5. The van der Waals surface area contributed by atoms with Crippen molar-refractivity contribution in [2.75, 3.05) is 26.9 Å². The fourth-order valence-corrected chi connectivity index (χ4v) is 4.46. The molecule has 1 aromatic rings. The number of carbonyl (C=O) groups is 2. The van der Waals surface area contributed by atoms with Crippen LogP contribution in [0.15, 0.2) is 60.7 Å². The fraction of sp³-hybridized carbons (Fsp3) is 0.562. The van der Waals surface area contributed by atoms with E-state index in [0.717, 1.165) is 50.4 Å². The molecule has 2 N–H and O–H groups in total. The summed E-state index contributed by atoms with van der Waals surface area (Å²) in [5.74, 6) is 2.20. The van der Waals surface area contributed by atoms with Crippen LogP contribution in [0, 0.1) is 11.8 Å². The van der Waals surface area contributed by atoms with Crippen LogP contribution >= 0.6 is 0 Å². The molecule has 208 valence electrons. The lowest BCUT2D eigenvalue weighted by molar-refractivity contribution is -0.105. The van der Waals surface area contributed by atoms with Crippen LogP contribution in [0.3, 0.4) is 0 Å². The Morgan fingerprint density at radius 2 is 1.68 bits per heavy atom. The van der Waals surface area contributed by atoms with Gasteiger partial charge in [-0.05, 0) is 106 Å². The summed E-state index contributed by atoms with van der Waals surface area (Å²) in [5.41, 5.74) is 3.77. The highest BCUT2D eigenvalue weighted by Crippen LogP contribution is 2.39. The molecule has 1 aromatic carbocycles. The van der Waals surface area contributed by atoms with E-state index < -0.39 is 0 Å². The number of ether oxygens (including phenoxy) is 1. The van der Waals surface area contributed by atoms with E-state index in [-0.39, 0.29) is 12.2 Å². The number of benzene rings is 1. The summed E-state index contributed by atoms with van der Waals surface area (Å²) < 4.78 is 5.24. The number of rotatable bonds is 14. The van der Waals surface area contributed by atoms with Gasteiger partial charge in [-0.2, -0.15) is 0 Å². The maximum atomic E-state index is 9.48. The van der Waals surface area contributed by atoms with Gasteiger partial charge in [0.15, 0.2) is 0 Å². The maximum absolute atomic E-state index is 9.48. The molecule has 5 heteroatoms. The zero-order valence-electron chi connectivity index (χ0n) is 23.4. The van der Waals surface area contributed by atoms with Gasteiger partial charge in [0.25, 0.3) is 0 Å². The molecule has 1 fully saturated rings. The zero-order valence-corrected chi connectivity index (χ0v) is 23.4. The minimum atomic E-state index is -0.233. The molecule has 37 heavy (non-hydrogen) atoms. The third kappa shape index (κ3) is 17.7. The second kappa shape index (κ2) is 22.8. The molecule has 1 atom stereocenters. The van der Waals surface area contributed by atoms with Crippen molar-refractivity contribution in [2.24, 2.45) is 11.8 Å². The summed E-state index contributed by atoms with van der Waals surface area (Å²) in [7, 11) is 1.77. The largest absolute Gasteiger partial charge is 0.396 e. The Labute approximate surface area is 225 Å². The number of aldehydes is 2. The van der Waals surface area contributed by atoms with Gasteiger partial charge in [-0.15, -0.1) is 0 Å². The molecule has 0 saturated heterocycles. The van der Waals surface area contributed by atoms with E-state index >= 15 is 0 Å². The van der Waals surface area contributed by atoms with Gasteiger partial charge in [0, 0.05) is 25.9 Å². The van der Waals surface area contributed by atoms with Gasteiger partial charge in [0.2, 0.25) is 0 Å². The molecule has 0 amide bonds. The Hall–Kier alpha value is -2.34. The van der Waals surface area contributed by atoms with Crippen molar-refractivity contribution in [1.82, 2.24) is 0 Å². The number of hydrogen-bond acceptors (Lipinski definition) is 5. The van der Waals surface area contributed by atoms with Crippen molar-refractivity contribution >= 4 is 12.6 Å². The van der Waals surface area contributed by atoms with Gasteiger partial charge in [-0.1, -0.05) is 49.6 Å². The molecule has 1 aliphatic rings. The molecule has 5 nitrogen and oxygen atoms in total. The first kappa shape index (κ1) is 34.7. The molecule has 1 aliphatic carbocycles. The maximum Gasteiger partial charge on any atom is 0.147 e. The quantitative estimate of drug-likeness (QED) is 0.171. The van der Waals surface area contributed by atoms with E-state index in [1.54, 1.807) is 14.0 Å². The number of aliphatic hydroxyl groups is 2. The highest BCUT2D eigenvalue weighted by atomic mass is 16.5. The average Bonchev–Trinajstić information content (AvgIpc) is 2.93. The first-order valence-electron chi connectivity index (χ1n) is 13.5. The first-order valence-corrected chi connectivity index (χ1v) is 13.5. The summed E-state index contributed by atoms with van der Waals surface area (Å²) in [6, 6.07) is 9.38. The minimum Gasteiger partial charge on any atom is -0.396 e. The van der Waals surface area contributed by atoms with Crippen LogP contribution in [0.1, 0.15) is 82.3 Å². The molecular formula is C32H50O5. The third-order valence-electron chi connectivity index (χ3n) is 6.64. The second-order valence-corrected chi connectivity index (χ2v) is 9.86. The average molecular weight is 515 g/mol. The van der Waals surface area contributed by atoms with E-state index in [2.05, 4.69) is 56.5 Å². The summed E-state index contributed by atoms with van der Waals surface area (Å²) in [6.07, 6.45) is 16.5. The molecule has 1 saturated carbocycles. The predicted octanol–water partition coefficient (Wildman–Crippen LogP) is 6.39. The van der Waals surface area contributed by atoms with E-state index in [9.17, 15) is 14.7 Å². The van der Waals surface area contributed by atoms with E-state index in [1.807, 2.05) is 0 Å². The first-order chi connectivity index (χ1) is 17.8. The lowest BCUT2D eigenvalue weighted by atomic mass is 9.75. The number of aryl methyl sites for hydroxylation is 1. The van der Waals surface area contributed by atoms with Gasteiger partial charge in [0.05, 0.1) is 6.61 Å². The Balaban J connectivity index is 0.000000987. The molecule has 0 aromatic heterocycles. The topological polar surface area (TPSA) is 83.8 Å². The Bertz CT molecular complexity index is 773. The second-order valence-electron chi connectivity index (χ2n) is 9.86. The molecule has 0 bridgehead atoms. The summed E-state index contributed by atoms with van der Waals surface area (Å²) in [4.78, 5) is 18.9. The van der Waals surface area contributed by atoms with Crippen molar-refractivity contribution in [3.8, 4) is 0 Å². The molecule has 1 unspecified atom stereocenters. The van der Waals surface area contributed by atoms with Crippen LogP contribution < -0.4 is 0 Å². The Morgan fingerprint density at radius 1 is 1.05 bits per heavy atom. The van der Waals surface area contributed by atoms with Crippen molar-refractivity contribution in [2.45, 2.75) is 77.6 Å². The fourth-order valence-electron chi connectivity index (χ4n) is 4.46. The molecule has 2 rings (SSSR count). The van der Waals surface area contributed by atoms with E-state index in [0.29, 0.717) is 24.4 Å². The molecule has 0 spiro atoms. The Morgan fingerprint density at radius 3 is 2.11 bits per heavy atom. The van der Waals surface area contributed by atoms with Crippen molar-refractivity contribution in [1.29, 1.82) is 0 Å². The zero-order chi connectivity index (χ0) is 27.9. The Kier molecular flexibility index (Phi) is 21.4. The highest BCUT2D eigenvalue weighted by Gasteiger charge is 2.24. The van der Waals surface area contributed by atoms with Gasteiger partial charge in [-0.25, -0.2) is 0 Å². The van der Waals surface area contributed by atoms with Crippen molar-refractivity contribution < 1.29 is 24.5 Å². The lowest BCUT2D eigenvalue weighted by Gasteiger charge is -2.31. The summed E-state index contributed by atoms with van der Waals surface area (Å²) >= 11 is 0. The van der Waals surface area contributed by atoms with Crippen molar-refractivity contribution in [3.63, 3.8) is 0 Å². The standard InChI is InChI=1S/C24H38O2.C4H6O2.C4H6O/c1-3-4-5-6-20-7-11-23(12-8-20)24-13-9-21(10-14-24)19-22(15-17-25)16-18-26-2;1-4(2-5)3-6;1-4(2)3-5/h3-4,7-8,11-12,21-22,24-25H,5-6,9-10,13-19H2,1-2H3;2,6H,1,3H2;3H,1H2,2H3/b4-3+;;. The van der Waals surface area contributed by atoms with Gasteiger partial charge in [0.1, 0.15) is 12.6 Å². The monoisotopic (exact) mass is 514 g/mol. The summed E-state index contributed by atoms with van der Waals surface area (Å²) in [6.45, 7) is 11.1. The number of aliphatic hydroxyl groups excluding tert-OH is 2. The van der Waals surface area contributed by atoms with Crippen LogP contribution in [-0.4, -0.2) is 49.7 Å². The van der Waals surface area contributed by atoms with Crippen LogP contribution in [0.25, 0.3) is 0 Å². The number of carbonyl (C=O) groups excluding carboxylic acids is 2. The van der Waals surface area contributed by atoms with Crippen LogP contribution in [-0.2, 0) is 20.7 Å². The molecule has 0 aliphatic heterocycles. The lowest BCUT2D eigenvalue weighted by Crippen LogP contribution is -2.18. The number of methoxy groups -OCH3 is 1. The minimum absolute atomic E-state index is 0.218. The van der Waals surface area contributed by atoms with Crippen molar-refractivity contribution in [3.05, 3.63) is 71.8 Å². The van der Waals surface area contributed by atoms with Crippen LogP contribution in [0.4, 0.5) is 0 Å². The predicted molar refractivity (Wildman–Crippen MR) is 154 cm³/mol. The van der Waals surface area contributed by atoms with Gasteiger partial charge in [-0.3, -0.25) is 9.59 Å². The van der Waals surface area contributed by atoms with Gasteiger partial charge >= 0.3 is 0 Å². The number of allylic oxidation sites excluding steroid dienone is 3. The molecular weight excluding hydrogens is 464 g/mol. The van der Waals surface area contributed by atoms with E-state index in [4.69, 9.17) is 9.84 Å². The highest BCUT2D eigenvalue weighted by molar-refractivity contribution is 5.72. The van der Waals surface area contributed by atoms with E-state index in [1.165, 1.54) is 43.2 Å². The van der Waals surface area contributed by atoms with Crippen LogP contribution in [0.5, 0.6) is 0 Å². The molecule has 0 radical (unpaired) electrons. The SMILES string of the molecule is C/C=C/CCc1ccc(C2CCC(CC(CCO)CCOC)CC2)cc1.C=C(C)C=O.C=C(C=O)CO. The van der Waals surface area contributed by atoms with Crippen LogP contribution in [0.2, 0.25) is 0 Å². The third-order valence-corrected chi connectivity index (χ3v) is 6.64. The molecule has 0 heterocycles. The smallest absolute Gasteiger partial charge is 0.147 e. The van der Waals surface area contributed by atoms with Gasteiger partial charge < -0.3 is 14.9 Å². The number of hydrogen-bond donors (Lipinski definition) is 2. The summed E-state index contributed by atoms with van der Waals surface area (Å²) in [5, 5.41) is 17.3.